The van der Waals surface area contributed by atoms with E-state index >= 15 is 0 Å². The number of nitrogens with zero attached hydrogens (tertiary/aromatic N) is 5. The monoisotopic (exact) mass is 411 g/mol. The number of hydrogen-bond acceptors (Lipinski definition) is 5. The fourth-order valence-electron chi connectivity index (χ4n) is 5.01. The second kappa shape index (κ2) is 7.67. The van der Waals surface area contributed by atoms with Crippen LogP contribution in [0.4, 0.5) is 4.79 Å². The van der Waals surface area contributed by atoms with Gasteiger partial charge in [-0.05, 0) is 88.8 Å². The zero-order valence-corrected chi connectivity index (χ0v) is 18.8. The van der Waals surface area contributed by atoms with Gasteiger partial charge in [0, 0.05) is 20.1 Å². The molecule has 0 radical (unpaired) electrons. The van der Waals surface area contributed by atoms with E-state index in [1.165, 1.54) is 12.8 Å². The zero-order chi connectivity index (χ0) is 21.5. The third-order valence-corrected chi connectivity index (χ3v) is 6.50. The highest BCUT2D eigenvalue weighted by molar-refractivity contribution is 5.68. The Morgan fingerprint density at radius 3 is 2.43 bits per heavy atom. The highest BCUT2D eigenvalue weighted by Gasteiger charge is 2.46. The van der Waals surface area contributed by atoms with Gasteiger partial charge in [-0.3, -0.25) is 4.68 Å². The van der Waals surface area contributed by atoms with Crippen molar-refractivity contribution in [2.24, 2.45) is 18.4 Å². The maximum absolute atomic E-state index is 12.3. The second-order valence-electron chi connectivity index (χ2n) is 10.2. The van der Waals surface area contributed by atoms with Crippen molar-refractivity contribution in [3.05, 3.63) is 29.6 Å². The Labute approximate surface area is 178 Å². The summed E-state index contributed by atoms with van der Waals surface area (Å²) in [5.41, 5.74) is 4.04. The maximum Gasteiger partial charge on any atom is 0.410 e. The molecule has 0 N–H and O–H groups in total. The zero-order valence-electron chi connectivity index (χ0n) is 18.8. The normalized spacial score (nSPS) is 19.0. The minimum atomic E-state index is -0.431. The van der Waals surface area contributed by atoms with Crippen molar-refractivity contribution in [1.82, 2.24) is 24.9 Å². The Morgan fingerprint density at radius 1 is 1.20 bits per heavy atom. The molecule has 0 unspecified atom stereocenters. The molecule has 4 rings (SSSR count). The molecule has 2 fully saturated rings. The van der Waals surface area contributed by atoms with E-state index in [0.29, 0.717) is 11.3 Å². The van der Waals surface area contributed by atoms with Crippen LogP contribution in [0.2, 0.25) is 0 Å². The third kappa shape index (κ3) is 4.35. The Kier molecular flexibility index (Phi) is 5.32. The average Bonchev–Trinajstić information content (AvgIpc) is 2.99. The molecule has 162 valence electrons. The van der Waals surface area contributed by atoms with E-state index in [1.807, 2.05) is 50.5 Å². The lowest BCUT2D eigenvalue weighted by molar-refractivity contribution is -0.0272. The van der Waals surface area contributed by atoms with Crippen LogP contribution in [-0.2, 0) is 18.2 Å². The molecule has 0 bridgehead atoms. The summed E-state index contributed by atoms with van der Waals surface area (Å²) in [6.07, 6.45) is 7.26. The lowest BCUT2D eigenvalue weighted by Crippen LogP contribution is -2.50. The number of rotatable bonds is 3. The molecule has 1 aliphatic carbocycles. The van der Waals surface area contributed by atoms with Crippen molar-refractivity contribution < 1.29 is 9.53 Å². The Bertz CT molecular complexity index is 877. The smallest absolute Gasteiger partial charge is 0.410 e. The van der Waals surface area contributed by atoms with E-state index in [-0.39, 0.29) is 6.09 Å². The van der Waals surface area contributed by atoms with Gasteiger partial charge in [-0.25, -0.2) is 4.79 Å². The predicted molar refractivity (Wildman–Crippen MR) is 115 cm³/mol. The quantitative estimate of drug-likeness (QED) is 0.758. The third-order valence-electron chi connectivity index (χ3n) is 6.50. The van der Waals surface area contributed by atoms with Crippen molar-refractivity contribution in [1.29, 1.82) is 0 Å². The number of hydrogen-bond donors (Lipinski definition) is 0. The van der Waals surface area contributed by atoms with Gasteiger partial charge in [-0.1, -0.05) is 0 Å². The van der Waals surface area contributed by atoms with Crippen LogP contribution in [0.25, 0.3) is 11.4 Å². The summed E-state index contributed by atoms with van der Waals surface area (Å²) in [5, 5.41) is 13.2. The molecule has 2 aromatic heterocycles. The van der Waals surface area contributed by atoms with E-state index < -0.39 is 5.60 Å². The van der Waals surface area contributed by atoms with Gasteiger partial charge in [0.1, 0.15) is 11.3 Å². The summed E-state index contributed by atoms with van der Waals surface area (Å²) >= 11 is 0. The van der Waals surface area contributed by atoms with E-state index in [2.05, 4.69) is 27.4 Å². The number of aromatic nitrogens is 4. The molecule has 2 aromatic rings. The first-order valence-corrected chi connectivity index (χ1v) is 10.9. The number of likely N-dealkylation sites (tertiary alicyclic amines) is 1. The van der Waals surface area contributed by atoms with E-state index in [4.69, 9.17) is 4.74 Å². The van der Waals surface area contributed by atoms with Gasteiger partial charge in [-0.15, -0.1) is 5.10 Å². The van der Waals surface area contributed by atoms with Crippen LogP contribution in [0.5, 0.6) is 0 Å². The molecule has 1 saturated heterocycles. The topological polar surface area (TPSA) is 73.1 Å². The van der Waals surface area contributed by atoms with Crippen LogP contribution in [0, 0.1) is 18.3 Å². The van der Waals surface area contributed by atoms with Crippen LogP contribution in [0.15, 0.2) is 18.3 Å². The summed E-state index contributed by atoms with van der Waals surface area (Å²) in [4.78, 5) is 14.1. The number of piperidine rings is 1. The molecule has 1 spiro atoms. The first-order chi connectivity index (χ1) is 14.1. The van der Waals surface area contributed by atoms with E-state index in [9.17, 15) is 4.79 Å². The largest absolute Gasteiger partial charge is 0.444 e. The molecular formula is C23H33N5O2. The van der Waals surface area contributed by atoms with Crippen molar-refractivity contribution >= 4 is 6.09 Å². The van der Waals surface area contributed by atoms with Crippen LogP contribution in [0.1, 0.15) is 57.7 Å². The molecule has 0 aromatic carbocycles. The lowest BCUT2D eigenvalue weighted by atomic mass is 9.56. The molecule has 1 saturated carbocycles. The Hall–Kier alpha value is -2.44. The van der Waals surface area contributed by atoms with Gasteiger partial charge in [0.15, 0.2) is 0 Å². The highest BCUT2D eigenvalue weighted by atomic mass is 16.6. The van der Waals surface area contributed by atoms with Crippen LogP contribution in [-0.4, -0.2) is 49.7 Å². The minimum absolute atomic E-state index is 0.174. The summed E-state index contributed by atoms with van der Waals surface area (Å²) in [7, 11) is 1.93. The van der Waals surface area contributed by atoms with Gasteiger partial charge < -0.3 is 9.64 Å². The predicted octanol–water partition coefficient (Wildman–Crippen LogP) is 4.16. The Balaban J connectivity index is 1.27. The van der Waals surface area contributed by atoms with Gasteiger partial charge in [0.05, 0.1) is 17.6 Å². The van der Waals surface area contributed by atoms with Crippen molar-refractivity contribution in [2.75, 3.05) is 13.1 Å². The highest BCUT2D eigenvalue weighted by Crippen LogP contribution is 2.53. The number of aryl methyl sites for hydroxylation is 2. The van der Waals surface area contributed by atoms with Crippen LogP contribution >= 0.6 is 0 Å². The molecule has 0 atom stereocenters. The molecule has 7 heteroatoms. The lowest BCUT2D eigenvalue weighted by Gasteiger charge is -2.52. The van der Waals surface area contributed by atoms with Crippen molar-refractivity contribution in [3.63, 3.8) is 0 Å². The van der Waals surface area contributed by atoms with E-state index in [0.717, 1.165) is 55.0 Å². The molecule has 2 aliphatic rings. The fourth-order valence-corrected chi connectivity index (χ4v) is 5.01. The standard InChI is InChI=1S/C23H33N5O2/c1-16-15-24-27(5)20(16)19-7-6-18(25-26-19)12-17-13-23(14-17)8-10-28(11-9-23)21(29)30-22(2,3)4/h6-7,15,17H,8-14H2,1-5H3. The Morgan fingerprint density at radius 2 is 1.90 bits per heavy atom. The number of amides is 1. The fraction of sp³-hybridized carbons (Fsp3) is 0.652. The van der Waals surface area contributed by atoms with Gasteiger partial charge >= 0.3 is 6.09 Å². The summed E-state index contributed by atoms with van der Waals surface area (Å²) in [5.74, 6) is 0.664. The SMILES string of the molecule is Cc1cnn(C)c1-c1ccc(CC2CC3(CCN(C(=O)OC(C)(C)C)CC3)C2)nn1. The van der Waals surface area contributed by atoms with Crippen molar-refractivity contribution in [3.8, 4) is 11.4 Å². The summed E-state index contributed by atoms with van der Waals surface area (Å²) < 4.78 is 7.36. The first-order valence-electron chi connectivity index (χ1n) is 10.9. The van der Waals surface area contributed by atoms with Crippen LogP contribution in [0.3, 0.4) is 0 Å². The molecule has 1 aliphatic heterocycles. The average molecular weight is 412 g/mol. The van der Waals surface area contributed by atoms with Gasteiger partial charge in [0.25, 0.3) is 0 Å². The second-order valence-corrected chi connectivity index (χ2v) is 10.2. The van der Waals surface area contributed by atoms with Gasteiger partial charge in [-0.2, -0.15) is 10.2 Å². The number of carbonyl (C=O) groups excluding carboxylic acids is 1. The molecule has 7 nitrogen and oxygen atoms in total. The molecular weight excluding hydrogens is 378 g/mol. The van der Waals surface area contributed by atoms with Crippen LogP contribution < -0.4 is 0 Å². The summed E-state index contributed by atoms with van der Waals surface area (Å²) in [6, 6.07) is 4.16. The van der Waals surface area contributed by atoms with Gasteiger partial charge in [0.2, 0.25) is 0 Å². The number of ether oxygens (including phenoxy) is 1. The molecule has 1 amide bonds. The maximum atomic E-state index is 12.3. The summed E-state index contributed by atoms with van der Waals surface area (Å²) in [6.45, 7) is 9.40. The van der Waals surface area contributed by atoms with E-state index in [1.54, 1.807) is 0 Å². The molecule has 30 heavy (non-hydrogen) atoms. The minimum Gasteiger partial charge on any atom is -0.444 e. The first kappa shape index (κ1) is 20.8. The number of carbonyl (C=O) groups is 1. The molecule has 3 heterocycles. The van der Waals surface area contributed by atoms with Crippen molar-refractivity contribution in [2.45, 2.75) is 65.4 Å².